The van der Waals surface area contributed by atoms with Crippen LogP contribution >= 0.6 is 11.8 Å². The summed E-state index contributed by atoms with van der Waals surface area (Å²) in [6.45, 7) is 0.326. The van der Waals surface area contributed by atoms with Gasteiger partial charge in [-0.25, -0.2) is 0 Å². The molecule has 0 fully saturated rings. The minimum Gasteiger partial charge on any atom is -0.497 e. The summed E-state index contributed by atoms with van der Waals surface area (Å²) in [6, 6.07) is 16.9. The lowest BCUT2D eigenvalue weighted by Crippen LogP contribution is -2.05. The monoisotopic (exact) mass is 403 g/mol. The molecular weight excluding hydrogens is 382 g/mol. The van der Waals surface area contributed by atoms with Gasteiger partial charge in [-0.15, -0.1) is 10.2 Å². The van der Waals surface area contributed by atoms with Gasteiger partial charge in [0.15, 0.2) is 11.0 Å². The second-order valence-corrected chi connectivity index (χ2v) is 8.27. The highest BCUT2D eigenvalue weighted by atomic mass is 32.2. The SMILES string of the molecule is COc1ccc(OCc2nnc(SCC[S@](=O)c3ccccc3)n2C)cc1. The van der Waals surface area contributed by atoms with Crippen LogP contribution in [-0.2, 0) is 24.5 Å². The maximum absolute atomic E-state index is 12.3. The Hall–Kier alpha value is -2.32. The minimum absolute atomic E-state index is 0.326. The topological polar surface area (TPSA) is 66.2 Å². The van der Waals surface area contributed by atoms with Crippen molar-refractivity contribution in [3.63, 3.8) is 0 Å². The number of benzene rings is 2. The van der Waals surface area contributed by atoms with Gasteiger partial charge in [-0.1, -0.05) is 30.0 Å². The summed E-state index contributed by atoms with van der Waals surface area (Å²) < 4.78 is 25.0. The Morgan fingerprint density at radius 3 is 2.44 bits per heavy atom. The molecule has 2 aromatic carbocycles. The van der Waals surface area contributed by atoms with Gasteiger partial charge >= 0.3 is 0 Å². The molecule has 142 valence electrons. The summed E-state index contributed by atoms with van der Waals surface area (Å²) in [6.07, 6.45) is 0. The van der Waals surface area contributed by atoms with E-state index in [2.05, 4.69) is 10.2 Å². The maximum Gasteiger partial charge on any atom is 0.191 e. The van der Waals surface area contributed by atoms with Gasteiger partial charge in [0.05, 0.1) is 17.9 Å². The number of thioether (sulfide) groups is 1. The number of methoxy groups -OCH3 is 1. The Labute approximate surface area is 165 Å². The van der Waals surface area contributed by atoms with Crippen molar-refractivity contribution in [3.8, 4) is 11.5 Å². The van der Waals surface area contributed by atoms with E-state index in [9.17, 15) is 4.21 Å². The lowest BCUT2D eigenvalue weighted by molar-refractivity contribution is 0.290. The molecule has 0 unspecified atom stereocenters. The molecule has 0 radical (unpaired) electrons. The van der Waals surface area contributed by atoms with Crippen LogP contribution in [0, 0.1) is 0 Å². The van der Waals surface area contributed by atoms with Crippen LogP contribution in [0.15, 0.2) is 64.6 Å². The van der Waals surface area contributed by atoms with Crippen molar-refractivity contribution in [3.05, 3.63) is 60.4 Å². The average Bonchev–Trinajstić information content (AvgIpc) is 3.07. The molecule has 0 aliphatic carbocycles. The second kappa shape index (κ2) is 9.57. The first-order valence-corrected chi connectivity index (χ1v) is 10.7. The minimum atomic E-state index is -1.00. The van der Waals surface area contributed by atoms with Crippen LogP contribution in [0.4, 0.5) is 0 Å². The third kappa shape index (κ3) is 5.33. The average molecular weight is 404 g/mol. The Kier molecular flexibility index (Phi) is 6.89. The van der Waals surface area contributed by atoms with Crippen LogP contribution in [0.5, 0.6) is 11.5 Å². The highest BCUT2D eigenvalue weighted by Crippen LogP contribution is 2.20. The molecule has 3 rings (SSSR count). The number of aromatic nitrogens is 3. The predicted octanol–water partition coefficient (Wildman–Crippen LogP) is 3.30. The Bertz CT molecular complexity index is 883. The quantitative estimate of drug-likeness (QED) is 0.511. The molecule has 6 nitrogen and oxygen atoms in total. The molecule has 0 saturated heterocycles. The molecule has 8 heteroatoms. The molecule has 0 aliphatic heterocycles. The van der Waals surface area contributed by atoms with Gasteiger partial charge < -0.3 is 14.0 Å². The smallest absolute Gasteiger partial charge is 0.191 e. The molecule has 0 N–H and O–H groups in total. The maximum atomic E-state index is 12.3. The Morgan fingerprint density at radius 2 is 1.74 bits per heavy atom. The summed E-state index contributed by atoms with van der Waals surface area (Å²) in [4.78, 5) is 0.852. The van der Waals surface area contributed by atoms with Crippen molar-refractivity contribution in [2.45, 2.75) is 16.7 Å². The molecular formula is C19H21N3O3S2. The summed E-state index contributed by atoms with van der Waals surface area (Å²) in [5, 5.41) is 9.17. The zero-order valence-corrected chi connectivity index (χ0v) is 16.8. The molecule has 0 amide bonds. The lowest BCUT2D eigenvalue weighted by Gasteiger charge is -2.07. The number of nitrogens with zero attached hydrogens (tertiary/aromatic N) is 3. The van der Waals surface area contributed by atoms with Crippen LogP contribution in [0.2, 0.25) is 0 Å². The Morgan fingerprint density at radius 1 is 1.04 bits per heavy atom. The first-order chi connectivity index (χ1) is 13.2. The fourth-order valence-corrected chi connectivity index (χ4v) is 4.53. The van der Waals surface area contributed by atoms with E-state index in [1.807, 2.05) is 66.2 Å². The molecule has 1 heterocycles. The van der Waals surface area contributed by atoms with E-state index in [0.29, 0.717) is 18.1 Å². The van der Waals surface area contributed by atoms with Crippen molar-refractivity contribution in [2.75, 3.05) is 18.6 Å². The highest BCUT2D eigenvalue weighted by Gasteiger charge is 2.11. The summed E-state index contributed by atoms with van der Waals surface area (Å²) in [7, 11) is 2.53. The molecule has 27 heavy (non-hydrogen) atoms. The summed E-state index contributed by atoms with van der Waals surface area (Å²) in [5.74, 6) is 3.53. The first-order valence-electron chi connectivity index (χ1n) is 8.38. The van der Waals surface area contributed by atoms with E-state index < -0.39 is 10.8 Å². The number of hydrogen-bond acceptors (Lipinski definition) is 6. The van der Waals surface area contributed by atoms with E-state index in [1.54, 1.807) is 18.9 Å². The predicted molar refractivity (Wildman–Crippen MR) is 107 cm³/mol. The van der Waals surface area contributed by atoms with Gasteiger partial charge in [-0.3, -0.25) is 4.21 Å². The van der Waals surface area contributed by atoms with Crippen molar-refractivity contribution in [1.82, 2.24) is 14.8 Å². The van der Waals surface area contributed by atoms with Gasteiger partial charge in [-0.05, 0) is 36.4 Å². The zero-order chi connectivity index (χ0) is 19.1. The Balaban J connectivity index is 1.50. The molecule has 0 saturated carbocycles. The third-order valence-electron chi connectivity index (χ3n) is 3.86. The van der Waals surface area contributed by atoms with E-state index in [-0.39, 0.29) is 0 Å². The van der Waals surface area contributed by atoms with Crippen molar-refractivity contribution < 1.29 is 13.7 Å². The first kappa shape index (κ1) is 19.4. The normalized spacial score (nSPS) is 11.9. The number of rotatable bonds is 9. The largest absolute Gasteiger partial charge is 0.497 e. The van der Waals surface area contributed by atoms with Gasteiger partial charge in [0, 0.05) is 23.4 Å². The molecule has 3 aromatic rings. The van der Waals surface area contributed by atoms with Gasteiger partial charge in [0.25, 0.3) is 0 Å². The van der Waals surface area contributed by atoms with E-state index in [4.69, 9.17) is 9.47 Å². The summed E-state index contributed by atoms with van der Waals surface area (Å²) in [5.41, 5.74) is 0. The van der Waals surface area contributed by atoms with Gasteiger partial charge in [0.1, 0.15) is 18.1 Å². The fraction of sp³-hybridized carbons (Fsp3) is 0.263. The highest BCUT2D eigenvalue weighted by molar-refractivity contribution is 8.00. The molecule has 1 atom stereocenters. The third-order valence-corrected chi connectivity index (χ3v) is 6.51. The van der Waals surface area contributed by atoms with Gasteiger partial charge in [0.2, 0.25) is 0 Å². The molecule has 0 aliphatic rings. The van der Waals surface area contributed by atoms with Crippen molar-refractivity contribution >= 4 is 22.6 Å². The molecule has 0 spiro atoms. The second-order valence-electron chi connectivity index (χ2n) is 5.63. The zero-order valence-electron chi connectivity index (χ0n) is 15.2. The summed E-state index contributed by atoms with van der Waals surface area (Å²) >= 11 is 1.54. The number of hydrogen-bond donors (Lipinski definition) is 0. The van der Waals surface area contributed by atoms with Gasteiger partial charge in [-0.2, -0.15) is 0 Å². The lowest BCUT2D eigenvalue weighted by atomic mass is 10.3. The van der Waals surface area contributed by atoms with E-state index in [1.165, 1.54) is 0 Å². The van der Waals surface area contributed by atoms with E-state index in [0.717, 1.165) is 27.4 Å². The van der Waals surface area contributed by atoms with Crippen LogP contribution in [0.25, 0.3) is 0 Å². The van der Waals surface area contributed by atoms with E-state index >= 15 is 0 Å². The molecule has 1 aromatic heterocycles. The van der Waals surface area contributed by atoms with Crippen LogP contribution in [0.3, 0.4) is 0 Å². The fourth-order valence-electron chi connectivity index (χ4n) is 2.32. The van der Waals surface area contributed by atoms with Crippen LogP contribution in [0.1, 0.15) is 5.82 Å². The van der Waals surface area contributed by atoms with Crippen molar-refractivity contribution in [2.24, 2.45) is 7.05 Å². The van der Waals surface area contributed by atoms with Crippen LogP contribution < -0.4 is 9.47 Å². The van der Waals surface area contributed by atoms with Crippen LogP contribution in [-0.4, -0.2) is 37.6 Å². The standard InChI is InChI=1S/C19H21N3O3S2/c1-22-18(14-25-16-10-8-15(24-2)9-11-16)20-21-19(22)26-12-13-27(23)17-6-4-3-5-7-17/h3-11H,12-14H2,1-2H3/t27-/m0/s1. The van der Waals surface area contributed by atoms with Crippen molar-refractivity contribution in [1.29, 1.82) is 0 Å². The molecule has 0 bridgehead atoms. The number of ether oxygens (including phenoxy) is 2.